The molecule has 0 saturated carbocycles. The number of pyridine rings is 1. The molecule has 0 amide bonds. The Labute approximate surface area is 124 Å². The maximum atomic E-state index is 8.79. The van der Waals surface area contributed by atoms with Crippen molar-refractivity contribution in [3.05, 3.63) is 48.2 Å². The first-order valence-corrected chi connectivity index (χ1v) is 6.78. The standard InChI is InChI=1S/C15H18N6/c1-17-15-10-19-14(9-20-15)12-21(7-3-5-16)11-13-4-2-6-18-8-13/h2,4,6,8-10H,3,7,11-12H2,1H3,(H,17,20). The first-order valence-electron chi connectivity index (χ1n) is 6.78. The van der Waals surface area contributed by atoms with Crippen molar-refractivity contribution in [2.24, 2.45) is 0 Å². The molecule has 6 nitrogen and oxygen atoms in total. The first kappa shape index (κ1) is 14.9. The molecule has 0 atom stereocenters. The van der Waals surface area contributed by atoms with E-state index in [0.717, 1.165) is 23.6 Å². The van der Waals surface area contributed by atoms with E-state index in [1.54, 1.807) is 18.6 Å². The maximum absolute atomic E-state index is 8.79. The molecule has 2 aromatic rings. The van der Waals surface area contributed by atoms with Crippen LogP contribution in [0.5, 0.6) is 0 Å². The molecule has 0 saturated heterocycles. The van der Waals surface area contributed by atoms with E-state index in [1.165, 1.54) is 0 Å². The zero-order valence-electron chi connectivity index (χ0n) is 12.0. The quantitative estimate of drug-likeness (QED) is 0.834. The number of hydrogen-bond donors (Lipinski definition) is 1. The Kier molecular flexibility index (Phi) is 5.61. The van der Waals surface area contributed by atoms with Crippen molar-refractivity contribution in [1.29, 1.82) is 5.26 Å². The Balaban J connectivity index is 2.03. The van der Waals surface area contributed by atoms with Gasteiger partial charge in [0.05, 0.1) is 24.2 Å². The third kappa shape index (κ3) is 4.82. The minimum Gasteiger partial charge on any atom is -0.372 e. The van der Waals surface area contributed by atoms with E-state index >= 15 is 0 Å². The normalized spacial score (nSPS) is 10.3. The third-order valence-corrected chi connectivity index (χ3v) is 3.02. The molecule has 2 heterocycles. The van der Waals surface area contributed by atoms with E-state index in [2.05, 4.69) is 31.2 Å². The highest BCUT2D eigenvalue weighted by Gasteiger charge is 2.08. The molecule has 0 unspecified atom stereocenters. The van der Waals surface area contributed by atoms with Gasteiger partial charge < -0.3 is 5.32 Å². The summed E-state index contributed by atoms with van der Waals surface area (Å²) in [5.74, 6) is 0.745. The summed E-state index contributed by atoms with van der Waals surface area (Å²) in [5.41, 5.74) is 2.01. The van der Waals surface area contributed by atoms with E-state index in [0.29, 0.717) is 19.5 Å². The van der Waals surface area contributed by atoms with Crippen molar-refractivity contribution >= 4 is 5.82 Å². The molecular formula is C15H18N6. The van der Waals surface area contributed by atoms with Gasteiger partial charge >= 0.3 is 0 Å². The Morgan fingerprint density at radius 2 is 2.14 bits per heavy atom. The van der Waals surface area contributed by atoms with Crippen LogP contribution in [0.25, 0.3) is 0 Å². The third-order valence-electron chi connectivity index (χ3n) is 3.02. The first-order chi connectivity index (χ1) is 10.3. The van der Waals surface area contributed by atoms with Gasteiger partial charge in [0, 0.05) is 45.5 Å². The summed E-state index contributed by atoms with van der Waals surface area (Å²) in [5, 5.41) is 11.7. The van der Waals surface area contributed by atoms with Gasteiger partial charge in [-0.2, -0.15) is 5.26 Å². The number of rotatable bonds is 7. The number of nitrogens with one attached hydrogen (secondary N) is 1. The second kappa shape index (κ2) is 7.92. The highest BCUT2D eigenvalue weighted by atomic mass is 15.1. The highest BCUT2D eigenvalue weighted by molar-refractivity contribution is 5.29. The predicted octanol–water partition coefficient (Wildman–Crippen LogP) is 1.83. The van der Waals surface area contributed by atoms with Crippen LogP contribution in [0.2, 0.25) is 0 Å². The molecular weight excluding hydrogens is 264 g/mol. The molecule has 0 radical (unpaired) electrons. The smallest absolute Gasteiger partial charge is 0.144 e. The number of anilines is 1. The van der Waals surface area contributed by atoms with Gasteiger partial charge in [-0.15, -0.1) is 0 Å². The summed E-state index contributed by atoms with van der Waals surface area (Å²) < 4.78 is 0. The van der Waals surface area contributed by atoms with Crippen molar-refractivity contribution < 1.29 is 0 Å². The largest absolute Gasteiger partial charge is 0.372 e. The lowest BCUT2D eigenvalue weighted by Gasteiger charge is -2.20. The van der Waals surface area contributed by atoms with E-state index in [9.17, 15) is 0 Å². The summed E-state index contributed by atoms with van der Waals surface area (Å²) in [6.45, 7) is 2.10. The van der Waals surface area contributed by atoms with Crippen LogP contribution in [-0.4, -0.2) is 33.4 Å². The van der Waals surface area contributed by atoms with Gasteiger partial charge in [0.25, 0.3) is 0 Å². The molecule has 6 heteroatoms. The number of nitrogens with zero attached hydrogens (tertiary/aromatic N) is 5. The van der Waals surface area contributed by atoms with E-state index < -0.39 is 0 Å². The summed E-state index contributed by atoms with van der Waals surface area (Å²) in [7, 11) is 1.81. The van der Waals surface area contributed by atoms with Crippen LogP contribution in [0.3, 0.4) is 0 Å². The van der Waals surface area contributed by atoms with Gasteiger partial charge in [-0.1, -0.05) is 6.07 Å². The summed E-state index contributed by atoms with van der Waals surface area (Å²) in [6.07, 6.45) is 7.55. The van der Waals surface area contributed by atoms with Gasteiger partial charge in [0.2, 0.25) is 0 Å². The molecule has 0 aliphatic carbocycles. The Morgan fingerprint density at radius 3 is 2.76 bits per heavy atom. The highest BCUT2D eigenvalue weighted by Crippen LogP contribution is 2.09. The minimum atomic E-state index is 0.488. The molecule has 0 aliphatic rings. The van der Waals surface area contributed by atoms with Crippen LogP contribution in [-0.2, 0) is 13.1 Å². The zero-order valence-corrected chi connectivity index (χ0v) is 12.0. The fraction of sp³-hybridized carbons (Fsp3) is 0.333. The molecule has 0 spiro atoms. The molecule has 0 fully saturated rings. The van der Waals surface area contributed by atoms with E-state index in [1.807, 2.05) is 25.4 Å². The van der Waals surface area contributed by atoms with Gasteiger partial charge in [0.15, 0.2) is 0 Å². The lowest BCUT2D eigenvalue weighted by atomic mass is 10.2. The zero-order chi connectivity index (χ0) is 14.9. The fourth-order valence-corrected chi connectivity index (χ4v) is 1.97. The second-order valence-corrected chi connectivity index (χ2v) is 4.62. The van der Waals surface area contributed by atoms with Crippen molar-refractivity contribution in [3.8, 4) is 6.07 Å². The van der Waals surface area contributed by atoms with E-state index in [4.69, 9.17) is 5.26 Å². The second-order valence-electron chi connectivity index (χ2n) is 4.62. The monoisotopic (exact) mass is 282 g/mol. The van der Waals surface area contributed by atoms with Gasteiger partial charge in [-0.25, -0.2) is 4.98 Å². The van der Waals surface area contributed by atoms with Crippen LogP contribution < -0.4 is 5.32 Å². The average Bonchev–Trinajstić information content (AvgIpc) is 2.54. The predicted molar refractivity (Wildman–Crippen MR) is 80.2 cm³/mol. The number of nitriles is 1. The van der Waals surface area contributed by atoms with Gasteiger partial charge in [-0.05, 0) is 11.6 Å². The molecule has 21 heavy (non-hydrogen) atoms. The Hall–Kier alpha value is -2.52. The fourth-order valence-electron chi connectivity index (χ4n) is 1.97. The number of aromatic nitrogens is 3. The Bertz CT molecular complexity index is 575. The molecule has 0 aliphatic heterocycles. The summed E-state index contributed by atoms with van der Waals surface area (Å²) in [4.78, 5) is 14.9. The van der Waals surface area contributed by atoms with Crippen LogP contribution in [0.15, 0.2) is 36.9 Å². The lowest BCUT2D eigenvalue weighted by Crippen LogP contribution is -2.24. The SMILES string of the molecule is CNc1cnc(CN(CCC#N)Cc2cccnc2)cn1. The van der Waals surface area contributed by atoms with Crippen LogP contribution in [0, 0.1) is 11.3 Å². The molecule has 108 valence electrons. The summed E-state index contributed by atoms with van der Waals surface area (Å²) in [6, 6.07) is 6.13. The van der Waals surface area contributed by atoms with Gasteiger partial charge in [-0.3, -0.25) is 14.9 Å². The summed E-state index contributed by atoms with van der Waals surface area (Å²) >= 11 is 0. The molecule has 2 rings (SSSR count). The molecule has 0 aromatic carbocycles. The van der Waals surface area contributed by atoms with Crippen molar-refractivity contribution in [3.63, 3.8) is 0 Å². The van der Waals surface area contributed by atoms with Gasteiger partial charge in [0.1, 0.15) is 5.82 Å². The molecule has 1 N–H and O–H groups in total. The van der Waals surface area contributed by atoms with Crippen molar-refractivity contribution in [2.75, 3.05) is 18.9 Å². The molecule has 2 aromatic heterocycles. The van der Waals surface area contributed by atoms with E-state index in [-0.39, 0.29) is 0 Å². The van der Waals surface area contributed by atoms with Crippen LogP contribution in [0.4, 0.5) is 5.82 Å². The average molecular weight is 282 g/mol. The van der Waals surface area contributed by atoms with Crippen molar-refractivity contribution in [2.45, 2.75) is 19.5 Å². The maximum Gasteiger partial charge on any atom is 0.144 e. The van der Waals surface area contributed by atoms with Crippen LogP contribution in [0.1, 0.15) is 17.7 Å². The molecule has 0 bridgehead atoms. The Morgan fingerprint density at radius 1 is 1.24 bits per heavy atom. The minimum absolute atomic E-state index is 0.488. The topological polar surface area (TPSA) is 77.7 Å². The van der Waals surface area contributed by atoms with Crippen LogP contribution >= 0.6 is 0 Å². The number of hydrogen-bond acceptors (Lipinski definition) is 6. The lowest BCUT2D eigenvalue weighted by molar-refractivity contribution is 0.259. The van der Waals surface area contributed by atoms with Crippen molar-refractivity contribution in [1.82, 2.24) is 19.9 Å².